The number of amides is 2. The van der Waals surface area contributed by atoms with E-state index in [1.165, 1.54) is 6.42 Å². The van der Waals surface area contributed by atoms with Gasteiger partial charge in [0, 0.05) is 45.3 Å². The highest BCUT2D eigenvalue weighted by Gasteiger charge is 2.49. The van der Waals surface area contributed by atoms with Gasteiger partial charge in [0.1, 0.15) is 24.3 Å². The molecule has 0 bridgehead atoms. The summed E-state index contributed by atoms with van der Waals surface area (Å²) in [5, 5.41) is 4.52. The molecule has 5 aliphatic rings. The van der Waals surface area contributed by atoms with Crippen LogP contribution in [0, 0.1) is 11.8 Å². The van der Waals surface area contributed by atoms with Gasteiger partial charge >= 0.3 is 12.1 Å². The lowest BCUT2D eigenvalue weighted by Crippen LogP contribution is -2.61. The van der Waals surface area contributed by atoms with Gasteiger partial charge < -0.3 is 19.3 Å². The number of carbonyl (C=O) groups excluding carboxylic acids is 3. The Labute approximate surface area is 297 Å². The van der Waals surface area contributed by atoms with Crippen LogP contribution >= 0.6 is 0 Å². The molecule has 3 saturated heterocycles. The molecule has 0 aromatic heterocycles. The molecule has 270 valence electrons. The van der Waals surface area contributed by atoms with Crippen molar-refractivity contribution in [2.24, 2.45) is 11.8 Å². The summed E-state index contributed by atoms with van der Waals surface area (Å²) in [5.74, 6) is 0.748. The van der Waals surface area contributed by atoms with Gasteiger partial charge in [0.15, 0.2) is 0 Å². The lowest BCUT2D eigenvalue weighted by atomic mass is 9.80. The maximum absolute atomic E-state index is 14.1. The predicted molar refractivity (Wildman–Crippen MR) is 194 cm³/mol. The van der Waals surface area contributed by atoms with Crippen LogP contribution in [0.5, 0.6) is 0 Å². The minimum absolute atomic E-state index is 0.0772. The van der Waals surface area contributed by atoms with Crippen LogP contribution in [0.1, 0.15) is 84.1 Å². The smallest absolute Gasteiger partial charge is 0.410 e. The van der Waals surface area contributed by atoms with Crippen LogP contribution in [0.3, 0.4) is 0 Å². The molecule has 1 saturated carbocycles. The van der Waals surface area contributed by atoms with E-state index in [2.05, 4.69) is 38.0 Å². The molecule has 2 unspecified atom stereocenters. The quantitative estimate of drug-likeness (QED) is 0.331. The van der Waals surface area contributed by atoms with Crippen LogP contribution in [-0.2, 0) is 25.7 Å². The molecular formula is C40H55N5O5. The van der Waals surface area contributed by atoms with E-state index in [9.17, 15) is 14.4 Å². The van der Waals surface area contributed by atoms with Gasteiger partial charge in [0.25, 0.3) is 0 Å². The van der Waals surface area contributed by atoms with E-state index in [1.807, 2.05) is 62.1 Å². The first kappa shape index (κ1) is 34.8. The summed E-state index contributed by atoms with van der Waals surface area (Å²) in [6.45, 7) is 10.8. The average Bonchev–Trinajstić information content (AvgIpc) is 3.67. The molecule has 0 spiro atoms. The summed E-state index contributed by atoms with van der Waals surface area (Å²) in [6, 6.07) is 18.3. The van der Waals surface area contributed by atoms with Crippen molar-refractivity contribution in [1.82, 2.24) is 14.8 Å². The lowest BCUT2D eigenvalue weighted by Gasteiger charge is -2.49. The first-order valence-corrected chi connectivity index (χ1v) is 19.0. The Hall–Kier alpha value is -3.63. The number of hydrogen-bond donors (Lipinski definition) is 0. The van der Waals surface area contributed by atoms with E-state index in [0.29, 0.717) is 38.1 Å². The Balaban J connectivity index is 1.02. The normalized spacial score (nSPS) is 25.1. The summed E-state index contributed by atoms with van der Waals surface area (Å²) < 4.78 is 11.7. The standard InChI is InChI=1S/C40H55N5O5/c1-39(2,3)50-38(48)41-24-31-26-43(27-32(31)25-41)44-28-36(46)45(35-17-11-10-16-34(35)44)33-18-22-42(23-19-33)40(20-12-5-4-6-13-21-40)37(47)49-29-30-14-8-7-9-15-30/h7-11,14-17,31-33H,4-6,12-13,18-29H2,1-3H3. The van der Waals surface area contributed by atoms with Gasteiger partial charge in [-0.2, -0.15) is 0 Å². The van der Waals surface area contributed by atoms with Gasteiger partial charge in [-0.1, -0.05) is 74.6 Å². The second-order valence-corrected chi connectivity index (χ2v) is 16.2. The summed E-state index contributed by atoms with van der Waals surface area (Å²) in [6.07, 6.45) is 8.68. The largest absolute Gasteiger partial charge is 0.459 e. The molecule has 50 heavy (non-hydrogen) atoms. The first-order valence-electron chi connectivity index (χ1n) is 19.0. The average molecular weight is 686 g/mol. The van der Waals surface area contributed by atoms with Gasteiger partial charge in [0.2, 0.25) is 5.91 Å². The van der Waals surface area contributed by atoms with Crippen molar-refractivity contribution >= 4 is 29.3 Å². The van der Waals surface area contributed by atoms with Gasteiger partial charge in [0.05, 0.1) is 11.4 Å². The molecule has 2 aromatic rings. The van der Waals surface area contributed by atoms with Crippen molar-refractivity contribution < 1.29 is 23.9 Å². The van der Waals surface area contributed by atoms with Crippen molar-refractivity contribution in [1.29, 1.82) is 0 Å². The molecule has 10 heteroatoms. The SMILES string of the molecule is CC(C)(C)OC(=O)N1CC2CN(N3CC(=O)N(C4CCN(C5(C(=O)OCc6ccccc6)CCCCCCC5)CC4)c4ccccc43)CC2C1. The van der Waals surface area contributed by atoms with Crippen molar-refractivity contribution in [3.63, 3.8) is 0 Å². The number of para-hydroxylation sites is 2. The molecule has 0 N–H and O–H groups in total. The molecule has 4 aliphatic heterocycles. The molecule has 4 heterocycles. The maximum Gasteiger partial charge on any atom is 0.410 e. The second kappa shape index (κ2) is 14.5. The second-order valence-electron chi connectivity index (χ2n) is 16.2. The van der Waals surface area contributed by atoms with Crippen LogP contribution in [-0.4, -0.2) is 95.8 Å². The van der Waals surface area contributed by atoms with E-state index >= 15 is 0 Å². The van der Waals surface area contributed by atoms with Gasteiger partial charge in [-0.15, -0.1) is 0 Å². The third-order valence-electron chi connectivity index (χ3n) is 11.6. The number of esters is 1. The van der Waals surface area contributed by atoms with Crippen LogP contribution in [0.15, 0.2) is 54.6 Å². The number of ether oxygens (including phenoxy) is 2. The highest BCUT2D eigenvalue weighted by atomic mass is 16.6. The highest BCUT2D eigenvalue weighted by Crippen LogP contribution is 2.42. The van der Waals surface area contributed by atoms with Crippen LogP contribution in [0.4, 0.5) is 16.2 Å². The summed E-state index contributed by atoms with van der Waals surface area (Å²) in [7, 11) is 0. The molecular weight excluding hydrogens is 630 g/mol. The number of rotatable bonds is 6. The molecule has 0 radical (unpaired) electrons. The fourth-order valence-electron chi connectivity index (χ4n) is 9.15. The van der Waals surface area contributed by atoms with Gasteiger partial charge in [-0.05, 0) is 76.0 Å². The molecule has 1 aliphatic carbocycles. The maximum atomic E-state index is 14.1. The zero-order valence-corrected chi connectivity index (χ0v) is 30.2. The van der Waals surface area contributed by atoms with Crippen LogP contribution in [0.25, 0.3) is 0 Å². The van der Waals surface area contributed by atoms with E-state index in [-0.39, 0.29) is 24.0 Å². The lowest BCUT2D eigenvalue weighted by molar-refractivity contribution is -0.163. The van der Waals surface area contributed by atoms with E-state index in [1.54, 1.807) is 0 Å². The van der Waals surface area contributed by atoms with E-state index < -0.39 is 11.1 Å². The number of piperidine rings is 1. The topological polar surface area (TPSA) is 85.9 Å². The molecule has 2 aromatic carbocycles. The summed E-state index contributed by atoms with van der Waals surface area (Å²) in [5.41, 5.74) is 1.94. The zero-order chi connectivity index (χ0) is 34.9. The monoisotopic (exact) mass is 685 g/mol. The fraction of sp³-hybridized carbons (Fsp3) is 0.625. The predicted octanol–water partition coefficient (Wildman–Crippen LogP) is 6.24. The van der Waals surface area contributed by atoms with E-state index in [0.717, 1.165) is 94.5 Å². The van der Waals surface area contributed by atoms with E-state index in [4.69, 9.17) is 9.47 Å². The number of benzene rings is 2. The summed E-state index contributed by atoms with van der Waals surface area (Å²) >= 11 is 0. The molecule has 2 amide bonds. The molecule has 7 rings (SSSR count). The van der Waals surface area contributed by atoms with Crippen LogP contribution < -0.4 is 9.91 Å². The fourth-order valence-corrected chi connectivity index (χ4v) is 9.15. The minimum atomic E-state index is -0.604. The molecule has 4 fully saturated rings. The number of anilines is 2. The molecule has 10 nitrogen and oxygen atoms in total. The number of fused-ring (bicyclic) bond motifs is 2. The van der Waals surface area contributed by atoms with Gasteiger partial charge in [-0.25, -0.2) is 9.80 Å². The Morgan fingerprint density at radius 1 is 0.800 bits per heavy atom. The number of hydrazine groups is 1. The minimum Gasteiger partial charge on any atom is -0.459 e. The first-order chi connectivity index (χ1) is 24.1. The number of hydrogen-bond acceptors (Lipinski definition) is 8. The third-order valence-corrected chi connectivity index (χ3v) is 11.6. The zero-order valence-electron chi connectivity index (χ0n) is 30.2. The van der Waals surface area contributed by atoms with Crippen molar-refractivity contribution in [3.05, 3.63) is 60.2 Å². The Morgan fingerprint density at radius 3 is 2.04 bits per heavy atom. The Morgan fingerprint density at radius 2 is 1.40 bits per heavy atom. The number of carbonyl (C=O) groups is 3. The van der Waals surface area contributed by atoms with Gasteiger partial charge in [-0.3, -0.25) is 19.5 Å². The Kier molecular flexibility index (Phi) is 10.1. The van der Waals surface area contributed by atoms with Crippen molar-refractivity contribution in [2.75, 3.05) is 55.7 Å². The summed E-state index contributed by atoms with van der Waals surface area (Å²) in [4.78, 5) is 47.2. The Bertz CT molecular complexity index is 1500. The number of nitrogens with zero attached hydrogens (tertiary/aromatic N) is 5. The third kappa shape index (κ3) is 7.24. The number of likely N-dealkylation sites (tertiary alicyclic amines) is 2. The van der Waals surface area contributed by atoms with Crippen molar-refractivity contribution in [2.45, 2.75) is 102 Å². The van der Waals surface area contributed by atoms with Crippen LogP contribution in [0.2, 0.25) is 0 Å². The molecule has 2 atom stereocenters. The highest BCUT2D eigenvalue weighted by molar-refractivity contribution is 6.03. The van der Waals surface area contributed by atoms with Crippen molar-refractivity contribution in [3.8, 4) is 0 Å².